The molecule has 1 rings (SSSR count). The third-order valence-electron chi connectivity index (χ3n) is 1.96. The lowest BCUT2D eigenvalue weighted by Gasteiger charge is -2.07. The fraction of sp³-hybridized carbons (Fsp3) is 0.300. The summed E-state index contributed by atoms with van der Waals surface area (Å²) in [7, 11) is 0. The minimum absolute atomic E-state index is 0.256. The van der Waals surface area contributed by atoms with Gasteiger partial charge in [-0.3, -0.25) is 4.98 Å². The summed E-state index contributed by atoms with van der Waals surface area (Å²) in [6, 6.07) is 3.48. The van der Waals surface area contributed by atoms with Crippen LogP contribution in [0.1, 0.15) is 31.0 Å². The number of pyridine rings is 1. The van der Waals surface area contributed by atoms with Gasteiger partial charge in [-0.2, -0.15) is 0 Å². The van der Waals surface area contributed by atoms with E-state index in [1.54, 1.807) is 12.1 Å². The van der Waals surface area contributed by atoms with Gasteiger partial charge in [0, 0.05) is 6.20 Å². The fourth-order valence-electron chi connectivity index (χ4n) is 1.12. The molecule has 0 unspecified atom stereocenters. The standard InChI is InChI=1S/C10H12BF3N/c1-8(2)9-4-6-15-10(7-9)3-5-11(12,13)14/h3-8H,1-2H3/q-1/b5-3+. The molecule has 0 aromatic carbocycles. The second kappa shape index (κ2) is 4.51. The van der Waals surface area contributed by atoms with Crippen molar-refractivity contribution in [1.82, 2.24) is 4.98 Å². The van der Waals surface area contributed by atoms with E-state index in [0.717, 1.165) is 11.6 Å². The molecule has 15 heavy (non-hydrogen) atoms. The quantitative estimate of drug-likeness (QED) is 0.700. The van der Waals surface area contributed by atoms with Crippen molar-refractivity contribution in [2.75, 3.05) is 0 Å². The first-order chi connectivity index (χ1) is 6.88. The highest BCUT2D eigenvalue weighted by Gasteiger charge is 2.17. The molecule has 0 bridgehead atoms. The Labute approximate surface area is 87.1 Å². The van der Waals surface area contributed by atoms with Crippen LogP contribution in [0.5, 0.6) is 0 Å². The molecule has 0 fully saturated rings. The van der Waals surface area contributed by atoms with E-state index in [0.29, 0.717) is 5.69 Å². The van der Waals surface area contributed by atoms with Gasteiger partial charge in [0.15, 0.2) is 0 Å². The molecule has 1 aromatic rings. The Balaban J connectivity index is 2.87. The average molecular weight is 214 g/mol. The van der Waals surface area contributed by atoms with Gasteiger partial charge in [-0.15, -0.1) is 5.98 Å². The molecule has 0 aliphatic carbocycles. The molecule has 1 nitrogen and oxygen atoms in total. The molecule has 0 saturated carbocycles. The number of rotatable bonds is 3. The van der Waals surface area contributed by atoms with Crippen molar-refractivity contribution < 1.29 is 12.9 Å². The van der Waals surface area contributed by atoms with E-state index in [9.17, 15) is 12.9 Å². The van der Waals surface area contributed by atoms with Gasteiger partial charge in [0.25, 0.3) is 0 Å². The molecule has 0 radical (unpaired) electrons. The van der Waals surface area contributed by atoms with Crippen LogP contribution in [0.4, 0.5) is 12.9 Å². The summed E-state index contributed by atoms with van der Waals surface area (Å²) < 4.78 is 35.8. The van der Waals surface area contributed by atoms with Gasteiger partial charge in [-0.1, -0.05) is 19.9 Å². The average Bonchev–Trinajstić information content (AvgIpc) is 2.14. The van der Waals surface area contributed by atoms with Gasteiger partial charge < -0.3 is 12.9 Å². The SMILES string of the molecule is CC(C)c1ccnc(/C=C/[B-](F)(F)F)c1. The van der Waals surface area contributed by atoms with Gasteiger partial charge in [0.2, 0.25) is 0 Å². The lowest BCUT2D eigenvalue weighted by molar-refractivity contribution is 0.499. The summed E-state index contributed by atoms with van der Waals surface area (Å²) in [5, 5.41) is 0. The smallest absolute Gasteiger partial charge is 0.445 e. The zero-order valence-electron chi connectivity index (χ0n) is 8.62. The molecule has 0 N–H and O–H groups in total. The highest BCUT2D eigenvalue weighted by atomic mass is 19.4. The van der Waals surface area contributed by atoms with Gasteiger partial charge in [-0.05, 0) is 23.6 Å². The Hall–Kier alpha value is -1.26. The molecule has 82 valence electrons. The van der Waals surface area contributed by atoms with Crippen molar-refractivity contribution in [2.45, 2.75) is 19.8 Å². The van der Waals surface area contributed by atoms with E-state index in [1.165, 1.54) is 6.20 Å². The van der Waals surface area contributed by atoms with Crippen LogP contribution in [0.3, 0.4) is 0 Å². The Morgan fingerprint density at radius 3 is 2.53 bits per heavy atom. The number of hydrogen-bond donors (Lipinski definition) is 0. The molecule has 0 atom stereocenters. The van der Waals surface area contributed by atoms with Gasteiger partial charge in [0.1, 0.15) is 0 Å². The summed E-state index contributed by atoms with van der Waals surface area (Å²) >= 11 is 0. The molecular weight excluding hydrogens is 202 g/mol. The monoisotopic (exact) mass is 214 g/mol. The first kappa shape index (κ1) is 11.8. The van der Waals surface area contributed by atoms with Crippen molar-refractivity contribution in [2.24, 2.45) is 0 Å². The Bertz CT molecular complexity index is 358. The topological polar surface area (TPSA) is 12.9 Å². The summed E-state index contributed by atoms with van der Waals surface area (Å²) in [5.74, 6) is 0.545. The molecule has 0 aliphatic rings. The van der Waals surface area contributed by atoms with E-state index in [2.05, 4.69) is 4.98 Å². The maximum absolute atomic E-state index is 11.9. The number of halogens is 3. The molecule has 1 heterocycles. The van der Waals surface area contributed by atoms with Crippen molar-refractivity contribution >= 4 is 13.1 Å². The molecule has 1 aromatic heterocycles. The first-order valence-electron chi connectivity index (χ1n) is 4.73. The van der Waals surface area contributed by atoms with Crippen LogP contribution in [0.25, 0.3) is 6.08 Å². The van der Waals surface area contributed by atoms with Crippen LogP contribution < -0.4 is 0 Å². The maximum Gasteiger partial charge on any atom is 0.502 e. The van der Waals surface area contributed by atoms with Crippen LogP contribution in [-0.4, -0.2) is 12.0 Å². The molecule has 0 aliphatic heterocycles. The van der Waals surface area contributed by atoms with E-state index in [1.807, 2.05) is 13.8 Å². The highest BCUT2D eigenvalue weighted by molar-refractivity contribution is 6.64. The zero-order valence-corrected chi connectivity index (χ0v) is 8.62. The molecule has 0 saturated heterocycles. The molecular formula is C10H12BF3N-. The van der Waals surface area contributed by atoms with E-state index < -0.39 is 6.98 Å². The van der Waals surface area contributed by atoms with Crippen molar-refractivity contribution in [3.8, 4) is 0 Å². The zero-order chi connectivity index (χ0) is 11.5. The highest BCUT2D eigenvalue weighted by Crippen LogP contribution is 2.16. The normalized spacial score (nSPS) is 12.7. The molecule has 0 amide bonds. The maximum atomic E-state index is 11.9. The summed E-state index contributed by atoms with van der Waals surface area (Å²) in [5.41, 5.74) is 1.33. The number of nitrogens with zero attached hydrogens (tertiary/aromatic N) is 1. The van der Waals surface area contributed by atoms with E-state index in [-0.39, 0.29) is 11.9 Å². The van der Waals surface area contributed by atoms with Crippen LogP contribution in [0.2, 0.25) is 0 Å². The largest absolute Gasteiger partial charge is 0.502 e. The Kier molecular flexibility index (Phi) is 3.55. The van der Waals surface area contributed by atoms with Crippen molar-refractivity contribution in [3.63, 3.8) is 0 Å². The second-order valence-corrected chi connectivity index (χ2v) is 3.65. The van der Waals surface area contributed by atoms with E-state index >= 15 is 0 Å². The third kappa shape index (κ3) is 4.19. The van der Waals surface area contributed by atoms with Crippen LogP contribution >= 0.6 is 0 Å². The summed E-state index contributed by atoms with van der Waals surface area (Å²) in [4.78, 5) is 3.85. The molecule has 5 heteroatoms. The van der Waals surface area contributed by atoms with E-state index in [4.69, 9.17) is 0 Å². The summed E-state index contributed by atoms with van der Waals surface area (Å²) in [6.45, 7) is -0.912. The number of aromatic nitrogens is 1. The van der Waals surface area contributed by atoms with Crippen LogP contribution in [0, 0.1) is 0 Å². The minimum Gasteiger partial charge on any atom is -0.445 e. The molecule has 0 spiro atoms. The lowest BCUT2D eigenvalue weighted by Crippen LogP contribution is -2.09. The van der Waals surface area contributed by atoms with Crippen molar-refractivity contribution in [3.05, 3.63) is 35.6 Å². The predicted octanol–water partition coefficient (Wildman–Crippen LogP) is 3.60. The van der Waals surface area contributed by atoms with Crippen LogP contribution in [-0.2, 0) is 0 Å². The second-order valence-electron chi connectivity index (χ2n) is 3.65. The van der Waals surface area contributed by atoms with Crippen LogP contribution in [0.15, 0.2) is 24.3 Å². The number of hydrogen-bond acceptors (Lipinski definition) is 1. The van der Waals surface area contributed by atoms with Crippen molar-refractivity contribution in [1.29, 1.82) is 0 Å². The lowest BCUT2D eigenvalue weighted by atomic mass is 9.91. The minimum atomic E-state index is -4.88. The van der Waals surface area contributed by atoms with Gasteiger partial charge in [0.05, 0.1) is 5.69 Å². The Morgan fingerprint density at radius 1 is 1.33 bits per heavy atom. The predicted molar refractivity (Wildman–Crippen MR) is 56.4 cm³/mol. The van der Waals surface area contributed by atoms with Gasteiger partial charge in [-0.25, -0.2) is 0 Å². The summed E-state index contributed by atoms with van der Waals surface area (Å²) in [6.07, 6.45) is 2.53. The first-order valence-corrected chi connectivity index (χ1v) is 4.73. The van der Waals surface area contributed by atoms with Gasteiger partial charge >= 0.3 is 6.98 Å². The Morgan fingerprint density at radius 2 is 2.00 bits per heavy atom. The third-order valence-corrected chi connectivity index (χ3v) is 1.96. The fourth-order valence-corrected chi connectivity index (χ4v) is 1.12.